The highest BCUT2D eigenvalue weighted by atomic mass is 79.9. The van der Waals surface area contributed by atoms with Gasteiger partial charge in [-0.1, -0.05) is 28.9 Å². The van der Waals surface area contributed by atoms with Gasteiger partial charge in [-0.05, 0) is 55.5 Å². The van der Waals surface area contributed by atoms with E-state index in [0.29, 0.717) is 6.04 Å². The summed E-state index contributed by atoms with van der Waals surface area (Å²) in [5, 5.41) is 3.75. The third-order valence-electron chi connectivity index (χ3n) is 4.44. The Balaban J connectivity index is 1.52. The highest BCUT2D eigenvalue weighted by Crippen LogP contribution is 2.33. The minimum Gasteiger partial charge on any atom is -0.309 e. The summed E-state index contributed by atoms with van der Waals surface area (Å²) in [4.78, 5) is 2.62. The van der Waals surface area contributed by atoms with Crippen molar-refractivity contribution in [2.24, 2.45) is 0 Å². The van der Waals surface area contributed by atoms with Gasteiger partial charge in [0, 0.05) is 29.6 Å². The van der Waals surface area contributed by atoms with Crippen LogP contribution in [0.4, 0.5) is 0 Å². The smallest absolute Gasteiger partial charge is 0.0326 e. The van der Waals surface area contributed by atoms with Crippen LogP contribution in [-0.2, 0) is 6.42 Å². The third-order valence-corrected chi connectivity index (χ3v) is 4.94. The number of aryl methyl sites for hydroxylation is 1. The first-order valence-electron chi connectivity index (χ1n) is 7.53. The SMILES string of the molecule is CCN(CCNC1CCc2cc(Br)ccc21)C1CC1. The summed E-state index contributed by atoms with van der Waals surface area (Å²) in [5.41, 5.74) is 3.03. The van der Waals surface area contributed by atoms with Crippen LogP contribution in [0.2, 0.25) is 0 Å². The second-order valence-corrected chi connectivity index (χ2v) is 6.66. The first-order valence-corrected chi connectivity index (χ1v) is 8.33. The normalized spacial score (nSPS) is 21.9. The number of nitrogens with one attached hydrogen (secondary N) is 1. The predicted octanol–water partition coefficient (Wildman–Crippen LogP) is 3.51. The lowest BCUT2D eigenvalue weighted by molar-refractivity contribution is 0.272. The van der Waals surface area contributed by atoms with Gasteiger partial charge in [0.15, 0.2) is 0 Å². The lowest BCUT2D eigenvalue weighted by Crippen LogP contribution is -2.34. The average Bonchev–Trinajstić information content (AvgIpc) is 3.17. The van der Waals surface area contributed by atoms with Crippen molar-refractivity contribution in [2.75, 3.05) is 19.6 Å². The molecular weight excluding hydrogens is 300 g/mol. The van der Waals surface area contributed by atoms with Crippen molar-refractivity contribution in [3.8, 4) is 0 Å². The summed E-state index contributed by atoms with van der Waals surface area (Å²) in [6, 6.07) is 8.18. The van der Waals surface area contributed by atoms with E-state index in [9.17, 15) is 0 Å². The number of benzene rings is 1. The molecule has 1 atom stereocenters. The fourth-order valence-electron chi connectivity index (χ4n) is 3.22. The summed E-state index contributed by atoms with van der Waals surface area (Å²) in [6.45, 7) is 5.79. The Morgan fingerprint density at radius 3 is 2.89 bits per heavy atom. The monoisotopic (exact) mass is 322 g/mol. The molecule has 1 fully saturated rings. The van der Waals surface area contributed by atoms with E-state index in [4.69, 9.17) is 0 Å². The minimum atomic E-state index is 0.570. The van der Waals surface area contributed by atoms with E-state index in [1.165, 1.54) is 54.4 Å². The second kappa shape index (κ2) is 5.94. The fourth-order valence-corrected chi connectivity index (χ4v) is 3.63. The van der Waals surface area contributed by atoms with Crippen LogP contribution in [0.1, 0.15) is 43.4 Å². The number of hydrogen-bond donors (Lipinski definition) is 1. The van der Waals surface area contributed by atoms with Crippen molar-refractivity contribution in [3.63, 3.8) is 0 Å². The maximum Gasteiger partial charge on any atom is 0.0326 e. The molecule has 1 unspecified atom stereocenters. The molecule has 1 N–H and O–H groups in total. The van der Waals surface area contributed by atoms with Crippen LogP contribution < -0.4 is 5.32 Å². The molecule has 0 radical (unpaired) electrons. The largest absolute Gasteiger partial charge is 0.309 e. The van der Waals surface area contributed by atoms with Crippen molar-refractivity contribution in [2.45, 2.75) is 44.7 Å². The Morgan fingerprint density at radius 1 is 1.32 bits per heavy atom. The molecule has 0 spiro atoms. The molecular formula is C16H23BrN2. The average molecular weight is 323 g/mol. The molecule has 0 saturated heterocycles. The van der Waals surface area contributed by atoms with Crippen molar-refractivity contribution in [1.82, 2.24) is 10.2 Å². The zero-order chi connectivity index (χ0) is 13.2. The zero-order valence-electron chi connectivity index (χ0n) is 11.7. The molecule has 2 aliphatic carbocycles. The number of fused-ring (bicyclic) bond motifs is 1. The van der Waals surface area contributed by atoms with Gasteiger partial charge in [0.05, 0.1) is 0 Å². The van der Waals surface area contributed by atoms with Gasteiger partial charge in [-0.25, -0.2) is 0 Å². The lowest BCUT2D eigenvalue weighted by atomic mass is 10.1. The van der Waals surface area contributed by atoms with E-state index in [2.05, 4.69) is 51.3 Å². The highest BCUT2D eigenvalue weighted by Gasteiger charge is 2.28. The van der Waals surface area contributed by atoms with E-state index in [1.807, 2.05) is 0 Å². The molecule has 1 aromatic rings. The molecule has 19 heavy (non-hydrogen) atoms. The summed E-state index contributed by atoms with van der Waals surface area (Å²) in [7, 11) is 0. The Morgan fingerprint density at radius 2 is 2.16 bits per heavy atom. The maximum atomic E-state index is 3.75. The fraction of sp³-hybridized carbons (Fsp3) is 0.625. The standard InChI is InChI=1S/C16H23BrN2/c1-2-19(14-5-6-14)10-9-18-16-8-3-12-11-13(17)4-7-15(12)16/h4,7,11,14,16,18H,2-3,5-6,8-10H2,1H3. The van der Waals surface area contributed by atoms with Crippen LogP contribution >= 0.6 is 15.9 Å². The van der Waals surface area contributed by atoms with Crippen LogP contribution in [0.3, 0.4) is 0 Å². The van der Waals surface area contributed by atoms with Gasteiger partial charge in [-0.3, -0.25) is 4.90 Å². The van der Waals surface area contributed by atoms with Crippen molar-refractivity contribution >= 4 is 15.9 Å². The van der Waals surface area contributed by atoms with Crippen molar-refractivity contribution < 1.29 is 0 Å². The number of rotatable bonds is 6. The van der Waals surface area contributed by atoms with Crippen LogP contribution in [0.25, 0.3) is 0 Å². The minimum absolute atomic E-state index is 0.570. The molecule has 1 saturated carbocycles. The Labute approximate surface area is 124 Å². The highest BCUT2D eigenvalue weighted by molar-refractivity contribution is 9.10. The van der Waals surface area contributed by atoms with Crippen LogP contribution in [0.15, 0.2) is 22.7 Å². The van der Waals surface area contributed by atoms with Gasteiger partial charge >= 0.3 is 0 Å². The van der Waals surface area contributed by atoms with E-state index in [1.54, 1.807) is 0 Å². The number of hydrogen-bond acceptors (Lipinski definition) is 2. The van der Waals surface area contributed by atoms with Gasteiger partial charge in [0.1, 0.15) is 0 Å². The maximum absolute atomic E-state index is 3.75. The molecule has 0 heterocycles. The van der Waals surface area contributed by atoms with Gasteiger partial charge in [0.2, 0.25) is 0 Å². The summed E-state index contributed by atoms with van der Waals surface area (Å²) >= 11 is 3.56. The first kappa shape index (κ1) is 13.6. The van der Waals surface area contributed by atoms with E-state index in [-0.39, 0.29) is 0 Å². The molecule has 1 aromatic carbocycles. The van der Waals surface area contributed by atoms with Gasteiger partial charge < -0.3 is 5.32 Å². The van der Waals surface area contributed by atoms with E-state index < -0.39 is 0 Å². The Hall–Kier alpha value is -0.380. The summed E-state index contributed by atoms with van der Waals surface area (Å²) in [5.74, 6) is 0. The molecule has 3 rings (SSSR count). The molecule has 0 aromatic heterocycles. The third kappa shape index (κ3) is 3.21. The number of halogens is 1. The topological polar surface area (TPSA) is 15.3 Å². The molecule has 2 nitrogen and oxygen atoms in total. The van der Waals surface area contributed by atoms with Crippen LogP contribution in [-0.4, -0.2) is 30.6 Å². The summed E-state index contributed by atoms with van der Waals surface area (Å²) in [6.07, 6.45) is 5.29. The summed E-state index contributed by atoms with van der Waals surface area (Å²) < 4.78 is 1.21. The molecule has 0 bridgehead atoms. The van der Waals surface area contributed by atoms with E-state index >= 15 is 0 Å². The van der Waals surface area contributed by atoms with Crippen LogP contribution in [0, 0.1) is 0 Å². The number of likely N-dealkylation sites (N-methyl/N-ethyl adjacent to an activating group) is 1. The Bertz CT molecular complexity index is 442. The first-order chi connectivity index (χ1) is 9.28. The molecule has 3 heteroatoms. The number of nitrogens with zero attached hydrogens (tertiary/aromatic N) is 1. The second-order valence-electron chi connectivity index (χ2n) is 5.75. The Kier molecular flexibility index (Phi) is 4.25. The predicted molar refractivity (Wildman–Crippen MR) is 83.5 cm³/mol. The van der Waals surface area contributed by atoms with Crippen molar-refractivity contribution in [3.05, 3.63) is 33.8 Å². The quantitative estimate of drug-likeness (QED) is 0.862. The molecule has 104 valence electrons. The van der Waals surface area contributed by atoms with Gasteiger partial charge in [-0.2, -0.15) is 0 Å². The van der Waals surface area contributed by atoms with Crippen molar-refractivity contribution in [1.29, 1.82) is 0 Å². The van der Waals surface area contributed by atoms with Gasteiger partial charge in [0.25, 0.3) is 0 Å². The molecule has 2 aliphatic rings. The van der Waals surface area contributed by atoms with Crippen LogP contribution in [0.5, 0.6) is 0 Å². The van der Waals surface area contributed by atoms with E-state index in [0.717, 1.165) is 12.6 Å². The molecule has 0 aliphatic heterocycles. The zero-order valence-corrected chi connectivity index (χ0v) is 13.2. The molecule has 0 amide bonds. The lowest BCUT2D eigenvalue weighted by Gasteiger charge is -2.22. The van der Waals surface area contributed by atoms with Gasteiger partial charge in [-0.15, -0.1) is 0 Å².